The zero-order valence-electron chi connectivity index (χ0n) is 17.7. The Morgan fingerprint density at radius 3 is 2.76 bits per heavy atom. The van der Waals surface area contributed by atoms with Crippen molar-refractivity contribution in [1.29, 1.82) is 0 Å². The summed E-state index contributed by atoms with van der Waals surface area (Å²) in [5.74, 6) is 1.01. The number of aromatic nitrogens is 3. The molecule has 1 aliphatic heterocycles. The van der Waals surface area contributed by atoms with E-state index in [4.69, 9.17) is 14.2 Å². The Labute approximate surface area is 190 Å². The molecule has 8 nitrogen and oxygen atoms in total. The Bertz CT molecular complexity index is 1400. The molecule has 174 valence electrons. The molecule has 0 fully saturated rings. The van der Waals surface area contributed by atoms with E-state index in [9.17, 15) is 18.0 Å². The summed E-state index contributed by atoms with van der Waals surface area (Å²) in [4.78, 5) is 17.2. The van der Waals surface area contributed by atoms with E-state index in [1.807, 2.05) is 0 Å². The number of halogens is 3. The van der Waals surface area contributed by atoms with Gasteiger partial charge in [-0.3, -0.25) is 4.79 Å². The number of nitrogens with zero attached hydrogens (tertiary/aromatic N) is 3. The van der Waals surface area contributed by atoms with Crippen molar-refractivity contribution in [2.45, 2.75) is 12.7 Å². The van der Waals surface area contributed by atoms with Crippen LogP contribution in [0.25, 0.3) is 16.9 Å². The highest BCUT2D eigenvalue weighted by molar-refractivity contribution is 5.99. The number of hydrogen-bond donors (Lipinski definition) is 1. The lowest BCUT2D eigenvalue weighted by molar-refractivity contribution is -0.142. The third-order valence-electron chi connectivity index (χ3n) is 5.26. The highest BCUT2D eigenvalue weighted by Gasteiger charge is 2.36. The minimum atomic E-state index is -4.72. The summed E-state index contributed by atoms with van der Waals surface area (Å²) in [6.45, 7) is 0.241. The molecule has 2 aromatic heterocycles. The van der Waals surface area contributed by atoms with Crippen molar-refractivity contribution < 1.29 is 32.2 Å². The zero-order chi connectivity index (χ0) is 23.9. The number of hydrogen-bond acceptors (Lipinski definition) is 6. The SMILES string of the molecule is COc1cccc(-c2cc(C(F)(F)F)n3ncc(C(=O)NCc4ccc5c(c4)OCO5)c3n2)c1. The number of carbonyl (C=O) groups excluding carboxylic acids is 1. The highest BCUT2D eigenvalue weighted by atomic mass is 19.4. The number of fused-ring (bicyclic) bond motifs is 2. The van der Waals surface area contributed by atoms with Crippen LogP contribution in [0.4, 0.5) is 13.2 Å². The second kappa shape index (κ2) is 8.25. The molecule has 0 radical (unpaired) electrons. The monoisotopic (exact) mass is 470 g/mol. The number of nitrogens with one attached hydrogen (secondary N) is 1. The summed E-state index contributed by atoms with van der Waals surface area (Å²) >= 11 is 0. The topological polar surface area (TPSA) is 87.0 Å². The quantitative estimate of drug-likeness (QED) is 0.473. The van der Waals surface area contributed by atoms with Gasteiger partial charge in [0.15, 0.2) is 22.8 Å². The molecule has 2 aromatic carbocycles. The lowest BCUT2D eigenvalue weighted by Gasteiger charge is -2.12. The van der Waals surface area contributed by atoms with Gasteiger partial charge in [-0.2, -0.15) is 18.3 Å². The fourth-order valence-corrected chi connectivity index (χ4v) is 3.58. The van der Waals surface area contributed by atoms with Crippen molar-refractivity contribution in [3.05, 3.63) is 71.5 Å². The minimum Gasteiger partial charge on any atom is -0.497 e. The maximum atomic E-state index is 13.8. The van der Waals surface area contributed by atoms with Gasteiger partial charge in [-0.25, -0.2) is 9.50 Å². The van der Waals surface area contributed by atoms with Crippen LogP contribution in [0.1, 0.15) is 21.6 Å². The van der Waals surface area contributed by atoms with Crippen molar-refractivity contribution in [3.8, 4) is 28.5 Å². The Morgan fingerprint density at radius 2 is 1.97 bits per heavy atom. The van der Waals surface area contributed by atoms with Gasteiger partial charge in [0, 0.05) is 12.1 Å². The molecule has 3 heterocycles. The third kappa shape index (κ3) is 3.96. The van der Waals surface area contributed by atoms with E-state index in [1.54, 1.807) is 42.5 Å². The molecule has 0 saturated heterocycles. The molecular weight excluding hydrogens is 453 g/mol. The molecule has 11 heteroatoms. The van der Waals surface area contributed by atoms with Crippen molar-refractivity contribution in [2.75, 3.05) is 13.9 Å². The highest BCUT2D eigenvalue weighted by Crippen LogP contribution is 2.34. The Hall–Kier alpha value is -4.28. The van der Waals surface area contributed by atoms with Gasteiger partial charge in [0.25, 0.3) is 5.91 Å². The van der Waals surface area contributed by atoms with Crippen LogP contribution >= 0.6 is 0 Å². The summed E-state index contributed by atoms with van der Waals surface area (Å²) in [7, 11) is 1.45. The summed E-state index contributed by atoms with van der Waals surface area (Å²) in [6, 6.07) is 12.6. The van der Waals surface area contributed by atoms with E-state index in [2.05, 4.69) is 15.4 Å². The molecular formula is C23H17F3N4O4. The molecule has 0 aliphatic carbocycles. The molecule has 0 bridgehead atoms. The van der Waals surface area contributed by atoms with Crippen molar-refractivity contribution in [3.63, 3.8) is 0 Å². The molecule has 34 heavy (non-hydrogen) atoms. The maximum Gasteiger partial charge on any atom is 0.433 e. The number of benzene rings is 2. The first-order valence-corrected chi connectivity index (χ1v) is 10.1. The van der Waals surface area contributed by atoms with E-state index < -0.39 is 17.8 Å². The molecule has 1 amide bonds. The second-order valence-corrected chi connectivity index (χ2v) is 7.42. The van der Waals surface area contributed by atoms with Gasteiger partial charge >= 0.3 is 6.18 Å². The normalized spacial score (nSPS) is 12.7. The lowest BCUT2D eigenvalue weighted by Crippen LogP contribution is -2.23. The van der Waals surface area contributed by atoms with E-state index in [0.29, 0.717) is 27.3 Å². The smallest absolute Gasteiger partial charge is 0.433 e. The average Bonchev–Trinajstić information content (AvgIpc) is 3.48. The number of alkyl halides is 3. The molecule has 5 rings (SSSR count). The average molecular weight is 470 g/mol. The fraction of sp³-hybridized carbons (Fsp3) is 0.174. The molecule has 0 atom stereocenters. The Kier molecular flexibility index (Phi) is 5.23. The summed E-state index contributed by atoms with van der Waals surface area (Å²) in [5.41, 5.74) is -0.184. The van der Waals surface area contributed by atoms with Gasteiger partial charge in [0.05, 0.1) is 19.0 Å². The van der Waals surface area contributed by atoms with Crippen molar-refractivity contribution in [2.24, 2.45) is 0 Å². The van der Waals surface area contributed by atoms with Crippen LogP contribution in [0, 0.1) is 0 Å². The maximum absolute atomic E-state index is 13.8. The summed E-state index contributed by atoms with van der Waals surface area (Å²) < 4.78 is 57.8. The molecule has 0 spiro atoms. The first kappa shape index (κ1) is 21.6. The van der Waals surface area contributed by atoms with Crippen LogP contribution in [-0.4, -0.2) is 34.4 Å². The molecule has 1 N–H and O–H groups in total. The van der Waals surface area contributed by atoms with E-state index in [0.717, 1.165) is 17.8 Å². The van der Waals surface area contributed by atoms with Crippen LogP contribution in [0.2, 0.25) is 0 Å². The number of ether oxygens (including phenoxy) is 3. The molecule has 4 aromatic rings. The number of amides is 1. The van der Waals surface area contributed by atoms with Crippen LogP contribution in [0.5, 0.6) is 17.2 Å². The predicted octanol–water partition coefficient (Wildman–Crippen LogP) is 4.08. The van der Waals surface area contributed by atoms with Gasteiger partial charge in [-0.1, -0.05) is 18.2 Å². The Balaban J connectivity index is 1.50. The minimum absolute atomic E-state index is 0.0315. The van der Waals surface area contributed by atoms with E-state index in [-0.39, 0.29) is 30.2 Å². The number of methoxy groups -OCH3 is 1. The standard InChI is InChI=1S/C23H17F3N4O4/c1-32-15-4-2-3-14(8-15)17-9-20(23(24,25)26)30-21(29-17)16(11-28-30)22(31)27-10-13-5-6-18-19(7-13)34-12-33-18/h2-9,11H,10,12H2,1H3,(H,27,31). The predicted molar refractivity (Wildman–Crippen MR) is 114 cm³/mol. The number of rotatable bonds is 5. The molecule has 1 aliphatic rings. The van der Waals surface area contributed by atoms with Gasteiger partial charge in [-0.15, -0.1) is 0 Å². The van der Waals surface area contributed by atoms with Crippen LogP contribution in [0.15, 0.2) is 54.7 Å². The Morgan fingerprint density at radius 1 is 1.15 bits per heavy atom. The molecule has 0 unspecified atom stereocenters. The zero-order valence-corrected chi connectivity index (χ0v) is 17.7. The van der Waals surface area contributed by atoms with Gasteiger partial charge in [0.2, 0.25) is 6.79 Å². The lowest BCUT2D eigenvalue weighted by atomic mass is 10.1. The second-order valence-electron chi connectivity index (χ2n) is 7.42. The van der Waals surface area contributed by atoms with Crippen molar-refractivity contribution in [1.82, 2.24) is 19.9 Å². The largest absolute Gasteiger partial charge is 0.497 e. The van der Waals surface area contributed by atoms with Crippen LogP contribution in [0.3, 0.4) is 0 Å². The summed E-state index contributed by atoms with van der Waals surface area (Å²) in [5, 5.41) is 6.48. The molecule has 0 saturated carbocycles. The summed E-state index contributed by atoms with van der Waals surface area (Å²) in [6.07, 6.45) is -3.65. The van der Waals surface area contributed by atoms with Gasteiger partial charge in [-0.05, 0) is 35.9 Å². The van der Waals surface area contributed by atoms with Gasteiger partial charge in [0.1, 0.15) is 11.3 Å². The van der Waals surface area contributed by atoms with Crippen LogP contribution < -0.4 is 19.5 Å². The third-order valence-corrected chi connectivity index (χ3v) is 5.26. The first-order valence-electron chi connectivity index (χ1n) is 10.1. The van der Waals surface area contributed by atoms with Crippen LogP contribution in [-0.2, 0) is 12.7 Å². The van der Waals surface area contributed by atoms with E-state index >= 15 is 0 Å². The fourth-order valence-electron chi connectivity index (χ4n) is 3.58. The van der Waals surface area contributed by atoms with E-state index in [1.165, 1.54) is 7.11 Å². The van der Waals surface area contributed by atoms with Crippen molar-refractivity contribution >= 4 is 11.6 Å². The number of carbonyl (C=O) groups is 1. The van der Waals surface area contributed by atoms with Gasteiger partial charge < -0.3 is 19.5 Å². The first-order chi connectivity index (χ1) is 16.3.